The molecule has 4 nitrogen and oxygen atoms in total. The summed E-state index contributed by atoms with van der Waals surface area (Å²) in [5, 5.41) is 0. The van der Waals surface area contributed by atoms with Crippen LogP contribution in [0.3, 0.4) is 0 Å². The molecule has 0 saturated carbocycles. The molecule has 0 fully saturated rings. The van der Waals surface area contributed by atoms with Gasteiger partial charge in [-0.05, 0) is 12.1 Å². The zero-order chi connectivity index (χ0) is 11.9. The third-order valence-corrected chi connectivity index (χ3v) is 1.18. The molecule has 0 saturated heterocycles. The zero-order valence-corrected chi connectivity index (χ0v) is 7.66. The number of primary amides is 1. The van der Waals surface area contributed by atoms with E-state index in [9.17, 15) is 18.0 Å². The molecule has 0 radical (unpaired) electrons. The van der Waals surface area contributed by atoms with E-state index in [4.69, 9.17) is 5.73 Å². The Morgan fingerprint density at radius 3 is 2.20 bits per heavy atom. The molecule has 0 atom stereocenters. The fourth-order valence-electron chi connectivity index (χ4n) is 0.509. The minimum Gasteiger partial charge on any atom is -0.366 e. The molecule has 7 heteroatoms. The van der Waals surface area contributed by atoms with E-state index in [1.54, 1.807) is 18.3 Å². The van der Waals surface area contributed by atoms with Crippen molar-refractivity contribution in [2.45, 2.75) is 6.18 Å². The first-order valence-corrected chi connectivity index (χ1v) is 3.83. The van der Waals surface area contributed by atoms with Crippen LogP contribution in [0.1, 0.15) is 10.4 Å². The number of carbonyl (C=O) groups excluding carboxylic acids is 1. The Hall–Kier alpha value is -1.63. The van der Waals surface area contributed by atoms with Crippen LogP contribution in [0.4, 0.5) is 13.2 Å². The summed E-state index contributed by atoms with van der Waals surface area (Å²) >= 11 is 0. The number of hydrogen-bond donors (Lipinski definition) is 2. The van der Waals surface area contributed by atoms with E-state index in [-0.39, 0.29) is 0 Å². The molecular formula is C8H10F3N3O. The van der Waals surface area contributed by atoms with Crippen LogP contribution in [0.2, 0.25) is 0 Å². The van der Waals surface area contributed by atoms with Crippen molar-refractivity contribution < 1.29 is 18.0 Å². The van der Waals surface area contributed by atoms with Crippen molar-refractivity contribution in [3.63, 3.8) is 0 Å². The zero-order valence-electron chi connectivity index (χ0n) is 7.66. The minimum absolute atomic E-state index is 0.442. The molecule has 0 unspecified atom stereocenters. The molecule has 0 aromatic carbocycles. The highest BCUT2D eigenvalue weighted by molar-refractivity contribution is 5.92. The number of aromatic nitrogens is 1. The van der Waals surface area contributed by atoms with Crippen LogP contribution in [-0.2, 0) is 0 Å². The predicted octanol–water partition coefficient (Wildman–Crippen LogP) is 0.688. The molecule has 0 aliphatic rings. The van der Waals surface area contributed by atoms with Gasteiger partial charge in [0.05, 0.1) is 12.1 Å². The lowest BCUT2D eigenvalue weighted by atomic mass is 10.3. The van der Waals surface area contributed by atoms with Gasteiger partial charge >= 0.3 is 6.18 Å². The maximum Gasteiger partial charge on any atom is 0.400 e. The highest BCUT2D eigenvalue weighted by atomic mass is 19.4. The van der Waals surface area contributed by atoms with E-state index in [2.05, 4.69) is 10.7 Å². The van der Waals surface area contributed by atoms with Gasteiger partial charge < -0.3 is 11.5 Å². The topological polar surface area (TPSA) is 82.0 Å². The predicted molar refractivity (Wildman–Crippen MR) is 47.9 cm³/mol. The van der Waals surface area contributed by atoms with Crippen molar-refractivity contribution in [3.8, 4) is 0 Å². The van der Waals surface area contributed by atoms with Gasteiger partial charge in [0.2, 0.25) is 5.91 Å². The Bertz CT molecular complexity index is 300. The normalized spacial score (nSPS) is 10.1. The van der Waals surface area contributed by atoms with Crippen LogP contribution in [0.15, 0.2) is 24.5 Å². The second kappa shape index (κ2) is 5.97. The van der Waals surface area contributed by atoms with Gasteiger partial charge in [-0.25, -0.2) is 0 Å². The number of carbonyl (C=O) groups is 1. The summed E-state index contributed by atoms with van der Waals surface area (Å²) in [5.41, 5.74) is 9.56. The summed E-state index contributed by atoms with van der Waals surface area (Å²) in [6, 6.07) is 3.29. The highest BCUT2D eigenvalue weighted by Crippen LogP contribution is 2.10. The summed E-state index contributed by atoms with van der Waals surface area (Å²) in [4.78, 5) is 14.1. The first-order chi connectivity index (χ1) is 6.87. The Morgan fingerprint density at radius 1 is 1.47 bits per heavy atom. The van der Waals surface area contributed by atoms with Crippen molar-refractivity contribution in [2.75, 3.05) is 6.54 Å². The summed E-state index contributed by atoms with van der Waals surface area (Å²) in [6.45, 7) is -1.23. The Morgan fingerprint density at radius 2 is 2.00 bits per heavy atom. The van der Waals surface area contributed by atoms with Crippen LogP contribution in [-0.4, -0.2) is 23.6 Å². The van der Waals surface area contributed by atoms with Gasteiger partial charge in [0, 0.05) is 12.4 Å². The van der Waals surface area contributed by atoms with Crippen molar-refractivity contribution in [1.29, 1.82) is 0 Å². The van der Waals surface area contributed by atoms with Gasteiger partial charge in [0.15, 0.2) is 0 Å². The fourth-order valence-corrected chi connectivity index (χ4v) is 0.509. The lowest BCUT2D eigenvalue weighted by Crippen LogP contribution is -2.21. The van der Waals surface area contributed by atoms with E-state index in [0.29, 0.717) is 5.56 Å². The lowest BCUT2D eigenvalue weighted by molar-refractivity contribution is -0.118. The van der Waals surface area contributed by atoms with Crippen LogP contribution in [0.25, 0.3) is 0 Å². The standard InChI is InChI=1S/C6H6N2O.C2H4F3N/c7-6(9)5-2-1-3-8-4-5;3-2(4,5)1-6/h1-4H,(H2,7,9);1,6H2. The number of pyridine rings is 1. The largest absolute Gasteiger partial charge is 0.400 e. The highest BCUT2D eigenvalue weighted by Gasteiger charge is 2.23. The first kappa shape index (κ1) is 13.4. The third kappa shape index (κ3) is 7.44. The molecule has 1 heterocycles. The van der Waals surface area contributed by atoms with Crippen molar-refractivity contribution in [2.24, 2.45) is 11.5 Å². The lowest BCUT2D eigenvalue weighted by Gasteiger charge is -1.96. The van der Waals surface area contributed by atoms with Crippen LogP contribution in [0, 0.1) is 0 Å². The molecule has 84 valence electrons. The Labute approximate surface area is 84.1 Å². The Balaban J connectivity index is 0.000000288. The van der Waals surface area contributed by atoms with Crippen molar-refractivity contribution in [1.82, 2.24) is 4.98 Å². The molecule has 0 spiro atoms. The Kier molecular flexibility index (Phi) is 5.32. The maximum atomic E-state index is 10.7. The van der Waals surface area contributed by atoms with Gasteiger partial charge in [-0.3, -0.25) is 9.78 Å². The summed E-state index contributed by atoms with van der Waals surface area (Å²) in [5.74, 6) is -0.442. The molecule has 0 aliphatic carbocycles. The van der Waals surface area contributed by atoms with Gasteiger partial charge in [0.25, 0.3) is 0 Å². The molecule has 1 aromatic heterocycles. The summed E-state index contributed by atoms with van der Waals surface area (Å²) in [6.07, 6.45) is -1.16. The van der Waals surface area contributed by atoms with E-state index >= 15 is 0 Å². The molecule has 1 amide bonds. The second-order valence-corrected chi connectivity index (χ2v) is 2.43. The van der Waals surface area contributed by atoms with Crippen LogP contribution >= 0.6 is 0 Å². The average Bonchev–Trinajstić information content (AvgIpc) is 2.19. The monoisotopic (exact) mass is 221 g/mol. The first-order valence-electron chi connectivity index (χ1n) is 3.83. The average molecular weight is 221 g/mol. The van der Waals surface area contributed by atoms with Crippen molar-refractivity contribution in [3.05, 3.63) is 30.1 Å². The summed E-state index contributed by atoms with van der Waals surface area (Å²) < 4.78 is 32.0. The van der Waals surface area contributed by atoms with Crippen LogP contribution < -0.4 is 11.5 Å². The van der Waals surface area contributed by atoms with E-state index < -0.39 is 18.6 Å². The SMILES string of the molecule is NC(=O)c1cccnc1.NCC(F)(F)F. The molecule has 15 heavy (non-hydrogen) atoms. The number of nitrogens with two attached hydrogens (primary N) is 2. The number of hydrogen-bond acceptors (Lipinski definition) is 3. The smallest absolute Gasteiger partial charge is 0.366 e. The van der Waals surface area contributed by atoms with Gasteiger partial charge in [-0.2, -0.15) is 13.2 Å². The summed E-state index contributed by atoms with van der Waals surface area (Å²) in [7, 11) is 0. The van der Waals surface area contributed by atoms with Gasteiger partial charge in [0.1, 0.15) is 0 Å². The molecular weight excluding hydrogens is 211 g/mol. The molecule has 0 bridgehead atoms. The number of alkyl halides is 3. The maximum absolute atomic E-state index is 10.7. The fraction of sp³-hybridized carbons (Fsp3) is 0.250. The van der Waals surface area contributed by atoms with E-state index in [1.807, 2.05) is 0 Å². The number of halogens is 3. The quantitative estimate of drug-likeness (QED) is 0.731. The number of nitrogens with zero attached hydrogens (tertiary/aromatic N) is 1. The third-order valence-electron chi connectivity index (χ3n) is 1.18. The number of amides is 1. The van der Waals surface area contributed by atoms with Crippen molar-refractivity contribution >= 4 is 5.91 Å². The number of rotatable bonds is 1. The van der Waals surface area contributed by atoms with E-state index in [1.165, 1.54) is 6.20 Å². The molecule has 0 aliphatic heterocycles. The van der Waals surface area contributed by atoms with Gasteiger partial charge in [-0.1, -0.05) is 0 Å². The van der Waals surface area contributed by atoms with Gasteiger partial charge in [-0.15, -0.1) is 0 Å². The second-order valence-electron chi connectivity index (χ2n) is 2.43. The minimum atomic E-state index is -4.18. The van der Waals surface area contributed by atoms with E-state index in [0.717, 1.165) is 0 Å². The molecule has 1 aromatic rings. The van der Waals surface area contributed by atoms with Crippen LogP contribution in [0.5, 0.6) is 0 Å². The molecule has 4 N–H and O–H groups in total. The molecule has 1 rings (SSSR count).